The summed E-state index contributed by atoms with van der Waals surface area (Å²) in [6.07, 6.45) is 1.36. The van der Waals surface area contributed by atoms with Crippen LogP contribution in [0.25, 0.3) is 11.5 Å². The number of hydrogen-bond donors (Lipinski definition) is 2. The zero-order chi connectivity index (χ0) is 11.5. The summed E-state index contributed by atoms with van der Waals surface area (Å²) < 4.78 is 6.57. The van der Waals surface area contributed by atoms with Crippen LogP contribution in [0.2, 0.25) is 0 Å². The summed E-state index contributed by atoms with van der Waals surface area (Å²) in [6.45, 7) is 0.364. The fraction of sp³-hybridized carbons (Fsp3) is 0.444. The standard InChI is InChI=1S/C9H13N5O2/c1-14-5-3-6(12-14)8-11-9(16-13-8)7(15)2-4-10/h3,5,7,15H,2,4,10H2,1H3. The second kappa shape index (κ2) is 4.42. The van der Waals surface area contributed by atoms with Gasteiger partial charge in [-0.3, -0.25) is 4.68 Å². The van der Waals surface area contributed by atoms with Gasteiger partial charge in [0.25, 0.3) is 5.89 Å². The van der Waals surface area contributed by atoms with E-state index in [1.807, 2.05) is 0 Å². The number of nitrogens with two attached hydrogens (primary N) is 1. The summed E-state index contributed by atoms with van der Waals surface area (Å²) in [7, 11) is 1.80. The van der Waals surface area contributed by atoms with Crippen LogP contribution in [0.4, 0.5) is 0 Å². The molecule has 2 heterocycles. The van der Waals surface area contributed by atoms with Gasteiger partial charge in [0.2, 0.25) is 5.82 Å². The van der Waals surface area contributed by atoms with Crippen LogP contribution in [0.3, 0.4) is 0 Å². The summed E-state index contributed by atoms with van der Waals surface area (Å²) in [4.78, 5) is 4.05. The Bertz CT molecular complexity index is 464. The number of aromatic nitrogens is 4. The first kappa shape index (κ1) is 10.8. The van der Waals surface area contributed by atoms with Crippen molar-refractivity contribution in [2.45, 2.75) is 12.5 Å². The Morgan fingerprint density at radius 3 is 3.06 bits per heavy atom. The molecule has 0 saturated carbocycles. The van der Waals surface area contributed by atoms with Crippen molar-refractivity contribution >= 4 is 0 Å². The average Bonchev–Trinajstić information content (AvgIpc) is 2.85. The fourth-order valence-corrected chi connectivity index (χ4v) is 1.29. The van der Waals surface area contributed by atoms with Crippen molar-refractivity contribution in [3.8, 4) is 11.5 Å². The van der Waals surface area contributed by atoms with Crippen molar-refractivity contribution in [3.05, 3.63) is 18.2 Å². The third-order valence-corrected chi connectivity index (χ3v) is 2.11. The van der Waals surface area contributed by atoms with E-state index in [4.69, 9.17) is 10.3 Å². The van der Waals surface area contributed by atoms with Crippen LogP contribution in [0, 0.1) is 0 Å². The maximum atomic E-state index is 9.58. The van der Waals surface area contributed by atoms with Crippen LogP contribution in [0.1, 0.15) is 18.4 Å². The number of aliphatic hydroxyl groups is 1. The van der Waals surface area contributed by atoms with E-state index in [2.05, 4.69) is 15.2 Å². The van der Waals surface area contributed by atoms with Gasteiger partial charge in [0.05, 0.1) is 0 Å². The number of hydrogen-bond acceptors (Lipinski definition) is 6. The van der Waals surface area contributed by atoms with Gasteiger partial charge >= 0.3 is 0 Å². The molecule has 0 aromatic carbocycles. The predicted molar refractivity (Wildman–Crippen MR) is 55.1 cm³/mol. The zero-order valence-corrected chi connectivity index (χ0v) is 8.87. The highest BCUT2D eigenvalue weighted by atomic mass is 16.5. The van der Waals surface area contributed by atoms with E-state index >= 15 is 0 Å². The van der Waals surface area contributed by atoms with Crippen molar-refractivity contribution in [3.63, 3.8) is 0 Å². The number of nitrogens with zero attached hydrogens (tertiary/aromatic N) is 4. The minimum absolute atomic E-state index is 0.172. The summed E-state index contributed by atoms with van der Waals surface area (Å²) in [5.41, 5.74) is 5.93. The molecule has 16 heavy (non-hydrogen) atoms. The first-order valence-electron chi connectivity index (χ1n) is 4.92. The molecule has 0 amide bonds. The third-order valence-electron chi connectivity index (χ3n) is 2.11. The van der Waals surface area contributed by atoms with E-state index in [1.54, 1.807) is 24.0 Å². The first-order chi connectivity index (χ1) is 7.70. The molecule has 7 heteroatoms. The lowest BCUT2D eigenvalue weighted by Crippen LogP contribution is -2.06. The largest absolute Gasteiger partial charge is 0.383 e. The summed E-state index contributed by atoms with van der Waals surface area (Å²) in [6, 6.07) is 1.77. The molecule has 1 atom stereocenters. The second-order valence-corrected chi connectivity index (χ2v) is 3.42. The first-order valence-corrected chi connectivity index (χ1v) is 4.92. The molecule has 0 aliphatic heterocycles. The second-order valence-electron chi connectivity index (χ2n) is 3.42. The zero-order valence-electron chi connectivity index (χ0n) is 8.87. The lowest BCUT2D eigenvalue weighted by molar-refractivity contribution is 0.127. The Balaban J connectivity index is 2.19. The van der Waals surface area contributed by atoms with Gasteiger partial charge in [0.15, 0.2) is 0 Å². The lowest BCUT2D eigenvalue weighted by Gasteiger charge is -2.00. The monoisotopic (exact) mass is 223 g/mol. The van der Waals surface area contributed by atoms with Gasteiger partial charge in [-0.05, 0) is 19.0 Å². The van der Waals surface area contributed by atoms with Gasteiger partial charge in [0, 0.05) is 13.2 Å². The number of aliphatic hydroxyl groups excluding tert-OH is 1. The van der Waals surface area contributed by atoms with Crippen LogP contribution in [0.5, 0.6) is 0 Å². The molecular weight excluding hydrogens is 210 g/mol. The van der Waals surface area contributed by atoms with Gasteiger partial charge in [0.1, 0.15) is 11.8 Å². The molecule has 2 rings (SSSR count). The Morgan fingerprint density at radius 2 is 2.44 bits per heavy atom. The highest BCUT2D eigenvalue weighted by Crippen LogP contribution is 2.18. The topological polar surface area (TPSA) is 103 Å². The third kappa shape index (κ3) is 2.10. The van der Waals surface area contributed by atoms with Crippen LogP contribution >= 0.6 is 0 Å². The molecule has 0 saturated heterocycles. The van der Waals surface area contributed by atoms with Crippen molar-refractivity contribution in [1.29, 1.82) is 0 Å². The maximum Gasteiger partial charge on any atom is 0.255 e. The molecule has 0 aliphatic carbocycles. The summed E-state index contributed by atoms with van der Waals surface area (Å²) in [5, 5.41) is 17.4. The minimum atomic E-state index is -0.810. The van der Waals surface area contributed by atoms with Gasteiger partial charge in [-0.15, -0.1) is 0 Å². The van der Waals surface area contributed by atoms with Gasteiger partial charge < -0.3 is 15.4 Å². The molecule has 2 aromatic rings. The molecule has 0 fully saturated rings. The Labute approximate surface area is 91.9 Å². The van der Waals surface area contributed by atoms with Gasteiger partial charge in [-0.25, -0.2) is 0 Å². The quantitative estimate of drug-likeness (QED) is 0.747. The molecule has 2 aromatic heterocycles. The smallest absolute Gasteiger partial charge is 0.255 e. The molecule has 0 aliphatic rings. The highest BCUT2D eigenvalue weighted by molar-refractivity contribution is 5.46. The summed E-state index contributed by atoms with van der Waals surface area (Å²) >= 11 is 0. The lowest BCUT2D eigenvalue weighted by atomic mass is 10.2. The maximum absolute atomic E-state index is 9.58. The molecule has 0 bridgehead atoms. The molecule has 86 valence electrons. The SMILES string of the molecule is Cn1ccc(-c2noc(C(O)CCN)n2)n1. The van der Waals surface area contributed by atoms with Gasteiger partial charge in [-0.1, -0.05) is 5.16 Å². The predicted octanol–water partition coefficient (Wildman–Crippen LogP) is -0.148. The minimum Gasteiger partial charge on any atom is -0.383 e. The molecule has 0 radical (unpaired) electrons. The van der Waals surface area contributed by atoms with E-state index in [0.29, 0.717) is 24.5 Å². The van der Waals surface area contributed by atoms with Crippen molar-refractivity contribution in [2.24, 2.45) is 12.8 Å². The van der Waals surface area contributed by atoms with Crippen molar-refractivity contribution in [1.82, 2.24) is 19.9 Å². The Morgan fingerprint density at radius 1 is 1.62 bits per heavy atom. The Kier molecular flexibility index (Phi) is 2.97. The van der Waals surface area contributed by atoms with Crippen molar-refractivity contribution in [2.75, 3.05) is 6.54 Å². The number of aryl methyl sites for hydroxylation is 1. The van der Waals surface area contributed by atoms with Crippen LogP contribution < -0.4 is 5.73 Å². The normalized spacial score (nSPS) is 12.9. The Hall–Kier alpha value is -1.73. The highest BCUT2D eigenvalue weighted by Gasteiger charge is 2.17. The van der Waals surface area contributed by atoms with E-state index < -0.39 is 6.10 Å². The van der Waals surface area contributed by atoms with E-state index in [1.165, 1.54) is 0 Å². The molecule has 3 N–H and O–H groups in total. The van der Waals surface area contributed by atoms with Crippen LogP contribution in [-0.2, 0) is 7.05 Å². The molecule has 7 nitrogen and oxygen atoms in total. The van der Waals surface area contributed by atoms with Crippen LogP contribution in [0.15, 0.2) is 16.8 Å². The molecule has 1 unspecified atom stereocenters. The average molecular weight is 223 g/mol. The van der Waals surface area contributed by atoms with Crippen molar-refractivity contribution < 1.29 is 9.63 Å². The number of rotatable bonds is 4. The molecular formula is C9H13N5O2. The molecule has 0 spiro atoms. The summed E-state index contributed by atoms with van der Waals surface area (Å²) in [5.74, 6) is 0.540. The van der Waals surface area contributed by atoms with E-state index in [-0.39, 0.29) is 5.89 Å². The van der Waals surface area contributed by atoms with Gasteiger partial charge in [-0.2, -0.15) is 10.1 Å². The fourth-order valence-electron chi connectivity index (χ4n) is 1.29. The van der Waals surface area contributed by atoms with E-state index in [9.17, 15) is 5.11 Å². The van der Waals surface area contributed by atoms with Crippen LogP contribution in [-0.4, -0.2) is 31.6 Å². The van der Waals surface area contributed by atoms with E-state index in [0.717, 1.165) is 0 Å².